The number of aryl methyl sites for hydroxylation is 1. The number of nitrogens with one attached hydrogen (secondary N) is 1. The number of benzene rings is 1. The van der Waals surface area contributed by atoms with E-state index in [0.29, 0.717) is 38.5 Å². The third kappa shape index (κ3) is 9.89. The Balaban J connectivity index is 1.67. The molecule has 1 aromatic carbocycles. The van der Waals surface area contributed by atoms with E-state index < -0.39 is 12.0 Å². The molecule has 0 aliphatic carbocycles. The third-order valence-electron chi connectivity index (χ3n) is 6.02. The van der Waals surface area contributed by atoms with Gasteiger partial charge in [-0.05, 0) is 38.0 Å². The number of ether oxygens (including phenoxy) is 2. The molecule has 0 bridgehead atoms. The van der Waals surface area contributed by atoms with Crippen molar-refractivity contribution in [2.24, 2.45) is 0 Å². The molecular weight excluding hydrogens is 476 g/mol. The fraction of sp³-hybridized carbons (Fsp3) is 0.519. The summed E-state index contributed by atoms with van der Waals surface area (Å²) in [5.74, 6) is 0.711. The second kappa shape index (κ2) is 15.0. The zero-order valence-electron chi connectivity index (χ0n) is 21.8. The summed E-state index contributed by atoms with van der Waals surface area (Å²) in [6.45, 7) is 8.35. The number of amides is 3. The van der Waals surface area contributed by atoms with Crippen molar-refractivity contribution in [2.45, 2.75) is 33.4 Å². The quantitative estimate of drug-likeness (QED) is 0.410. The van der Waals surface area contributed by atoms with Crippen LogP contribution in [0.25, 0.3) is 0 Å². The summed E-state index contributed by atoms with van der Waals surface area (Å²) in [7, 11) is 0. The summed E-state index contributed by atoms with van der Waals surface area (Å²) in [5.41, 5.74) is 0.977. The average Bonchev–Trinajstić information content (AvgIpc) is 3.32. The van der Waals surface area contributed by atoms with Crippen LogP contribution in [0.15, 0.2) is 46.9 Å². The number of hydrogen-bond donors (Lipinski definition) is 1. The second-order valence-corrected chi connectivity index (χ2v) is 8.94. The van der Waals surface area contributed by atoms with Gasteiger partial charge in [0.2, 0.25) is 5.91 Å². The summed E-state index contributed by atoms with van der Waals surface area (Å²) in [4.78, 5) is 43.7. The Hall–Kier alpha value is -3.37. The fourth-order valence-electron chi connectivity index (χ4n) is 4.09. The lowest BCUT2D eigenvalue weighted by molar-refractivity contribution is -0.141. The lowest BCUT2D eigenvalue weighted by Gasteiger charge is -2.29. The van der Waals surface area contributed by atoms with Crippen LogP contribution in [-0.4, -0.2) is 91.7 Å². The van der Waals surface area contributed by atoms with Crippen molar-refractivity contribution in [3.05, 3.63) is 59.5 Å². The summed E-state index contributed by atoms with van der Waals surface area (Å²) >= 11 is 0. The Kier molecular flexibility index (Phi) is 11.4. The molecule has 0 radical (unpaired) electrons. The zero-order chi connectivity index (χ0) is 26.5. The lowest BCUT2D eigenvalue weighted by atomic mass is 10.2. The Labute approximate surface area is 218 Å². The first-order chi connectivity index (χ1) is 17.9. The number of carbonyl (C=O) groups excluding carboxylic acids is 3. The van der Waals surface area contributed by atoms with E-state index in [1.807, 2.05) is 49.4 Å². The molecule has 10 nitrogen and oxygen atoms in total. The van der Waals surface area contributed by atoms with Crippen molar-refractivity contribution in [1.29, 1.82) is 0 Å². The van der Waals surface area contributed by atoms with Crippen LogP contribution in [0.3, 0.4) is 0 Å². The number of carbonyl (C=O) groups is 3. The van der Waals surface area contributed by atoms with Crippen LogP contribution in [0.4, 0.5) is 4.79 Å². The second-order valence-electron chi connectivity index (χ2n) is 8.94. The maximum Gasteiger partial charge on any atom is 0.325 e. The van der Waals surface area contributed by atoms with Gasteiger partial charge in [0.15, 0.2) is 0 Å². The average molecular weight is 515 g/mol. The number of furan rings is 1. The van der Waals surface area contributed by atoms with Gasteiger partial charge in [-0.1, -0.05) is 30.3 Å². The minimum Gasteiger partial charge on any atom is -0.465 e. The van der Waals surface area contributed by atoms with Gasteiger partial charge in [-0.25, -0.2) is 4.79 Å². The molecule has 0 saturated carbocycles. The number of rotatable bonds is 13. The molecule has 202 valence electrons. The van der Waals surface area contributed by atoms with E-state index in [1.165, 1.54) is 4.90 Å². The predicted molar refractivity (Wildman–Crippen MR) is 138 cm³/mol. The standard InChI is InChI=1S/C27H38N4O6/c1-3-36-26(33)18-28-27(34)30(13-7-12-29-14-16-35-17-15-29)21-25(32)31(19-23-8-5-4-6-9-23)20-24-11-10-22(2)37-24/h4-6,8-11H,3,7,12-21H2,1-2H3,(H,28,34). The van der Waals surface area contributed by atoms with Gasteiger partial charge in [-0.2, -0.15) is 0 Å². The molecule has 2 heterocycles. The molecule has 0 atom stereocenters. The van der Waals surface area contributed by atoms with E-state index in [4.69, 9.17) is 13.9 Å². The van der Waals surface area contributed by atoms with Gasteiger partial charge >= 0.3 is 12.0 Å². The van der Waals surface area contributed by atoms with Crippen LogP contribution in [-0.2, 0) is 32.2 Å². The minimum atomic E-state index is -0.519. The van der Waals surface area contributed by atoms with Crippen LogP contribution < -0.4 is 5.32 Å². The van der Waals surface area contributed by atoms with E-state index in [-0.39, 0.29) is 32.1 Å². The molecule has 37 heavy (non-hydrogen) atoms. The highest BCUT2D eigenvalue weighted by atomic mass is 16.5. The third-order valence-corrected chi connectivity index (χ3v) is 6.02. The van der Waals surface area contributed by atoms with Crippen molar-refractivity contribution >= 4 is 17.9 Å². The summed E-state index contributed by atoms with van der Waals surface area (Å²) < 4.78 is 16.0. The predicted octanol–water partition coefficient (Wildman–Crippen LogP) is 2.41. The molecule has 3 amide bonds. The molecular formula is C27H38N4O6. The lowest BCUT2D eigenvalue weighted by Crippen LogP contribution is -2.48. The van der Waals surface area contributed by atoms with E-state index in [2.05, 4.69) is 10.2 Å². The van der Waals surface area contributed by atoms with E-state index >= 15 is 0 Å². The first kappa shape index (κ1) is 28.2. The number of morpholine rings is 1. The number of urea groups is 1. The van der Waals surface area contributed by atoms with E-state index in [0.717, 1.165) is 31.0 Å². The highest BCUT2D eigenvalue weighted by Gasteiger charge is 2.23. The van der Waals surface area contributed by atoms with Gasteiger partial charge in [-0.15, -0.1) is 0 Å². The van der Waals surface area contributed by atoms with Gasteiger partial charge in [-0.3, -0.25) is 14.5 Å². The summed E-state index contributed by atoms with van der Waals surface area (Å²) in [5, 5.41) is 2.59. The van der Waals surface area contributed by atoms with Crippen molar-refractivity contribution in [3.8, 4) is 0 Å². The number of nitrogens with zero attached hydrogens (tertiary/aromatic N) is 3. The van der Waals surface area contributed by atoms with E-state index in [9.17, 15) is 14.4 Å². The molecule has 3 rings (SSSR count). The molecule has 2 aromatic rings. The molecule has 1 N–H and O–H groups in total. The first-order valence-electron chi connectivity index (χ1n) is 12.8. The fourth-order valence-corrected chi connectivity index (χ4v) is 4.09. The Morgan fingerprint density at radius 3 is 2.46 bits per heavy atom. The van der Waals surface area contributed by atoms with Gasteiger partial charge in [0, 0.05) is 32.7 Å². The Bertz CT molecular complexity index is 990. The maximum absolute atomic E-state index is 13.5. The van der Waals surface area contributed by atoms with E-state index in [1.54, 1.807) is 11.8 Å². The van der Waals surface area contributed by atoms with Gasteiger partial charge in [0.1, 0.15) is 24.6 Å². The number of esters is 1. The molecule has 1 fully saturated rings. The Morgan fingerprint density at radius 2 is 1.78 bits per heavy atom. The summed E-state index contributed by atoms with van der Waals surface area (Å²) in [6, 6.07) is 12.9. The largest absolute Gasteiger partial charge is 0.465 e. The van der Waals surface area contributed by atoms with Crippen molar-refractivity contribution in [1.82, 2.24) is 20.0 Å². The molecule has 1 saturated heterocycles. The highest BCUT2D eigenvalue weighted by Crippen LogP contribution is 2.14. The number of hydrogen-bond acceptors (Lipinski definition) is 7. The van der Waals surface area contributed by atoms with Gasteiger partial charge in [0.25, 0.3) is 0 Å². The SMILES string of the molecule is CCOC(=O)CNC(=O)N(CCCN1CCOCC1)CC(=O)N(Cc1ccccc1)Cc1ccc(C)o1. The smallest absolute Gasteiger partial charge is 0.325 e. The zero-order valence-corrected chi connectivity index (χ0v) is 21.8. The Morgan fingerprint density at radius 1 is 1.03 bits per heavy atom. The summed E-state index contributed by atoms with van der Waals surface area (Å²) in [6.07, 6.45) is 0.691. The van der Waals surface area contributed by atoms with Gasteiger partial charge in [0.05, 0.1) is 26.4 Å². The monoisotopic (exact) mass is 514 g/mol. The van der Waals surface area contributed by atoms with Crippen molar-refractivity contribution < 1.29 is 28.3 Å². The molecule has 1 aromatic heterocycles. The van der Waals surface area contributed by atoms with Crippen molar-refractivity contribution in [3.63, 3.8) is 0 Å². The topological polar surface area (TPSA) is 105 Å². The first-order valence-corrected chi connectivity index (χ1v) is 12.8. The minimum absolute atomic E-state index is 0.121. The molecule has 0 unspecified atom stereocenters. The molecule has 10 heteroatoms. The maximum atomic E-state index is 13.5. The van der Waals surface area contributed by atoms with Gasteiger partial charge < -0.3 is 29.0 Å². The molecule has 1 aliphatic heterocycles. The van der Waals surface area contributed by atoms with Crippen LogP contribution in [0.2, 0.25) is 0 Å². The van der Waals surface area contributed by atoms with Crippen LogP contribution in [0, 0.1) is 6.92 Å². The molecule has 0 spiro atoms. The normalized spacial score (nSPS) is 13.7. The van der Waals surface area contributed by atoms with Crippen LogP contribution >= 0.6 is 0 Å². The molecule has 1 aliphatic rings. The highest BCUT2D eigenvalue weighted by molar-refractivity contribution is 5.86. The van der Waals surface area contributed by atoms with Crippen LogP contribution in [0.5, 0.6) is 0 Å². The van der Waals surface area contributed by atoms with Crippen molar-refractivity contribution in [2.75, 3.05) is 59.1 Å². The van der Waals surface area contributed by atoms with Crippen LogP contribution in [0.1, 0.15) is 30.4 Å².